The number of hydrogen-bond acceptors (Lipinski definition) is 4. The molecular formula is C15H24N2O2S. The molecule has 0 aliphatic rings. The average molecular weight is 296 g/mol. The van der Waals surface area contributed by atoms with Crippen molar-refractivity contribution in [3.63, 3.8) is 0 Å². The number of carbonyl (C=O) groups excluding carboxylic acids is 1. The Bertz CT molecular complexity index is 438. The molecule has 20 heavy (non-hydrogen) atoms. The number of nitrogens with two attached hydrogens (primary N) is 1. The summed E-state index contributed by atoms with van der Waals surface area (Å²) in [6, 6.07) is 5.47. The first-order chi connectivity index (χ1) is 9.58. The van der Waals surface area contributed by atoms with Crippen molar-refractivity contribution in [1.82, 2.24) is 5.32 Å². The molecule has 0 saturated carbocycles. The van der Waals surface area contributed by atoms with Crippen molar-refractivity contribution >= 4 is 23.4 Å². The fraction of sp³-hybridized carbons (Fsp3) is 0.533. The minimum absolute atomic E-state index is 0.0494. The molecule has 0 fully saturated rings. The standard InChI is InChI=1S/C15H24N2O2S/c1-4-5-6-9-17-15(18)11(2)20-14-10-12(19-3)7-8-13(14)16/h7-8,10-11H,4-6,9,16H2,1-3H3,(H,17,18). The van der Waals surface area contributed by atoms with Gasteiger partial charge in [-0.25, -0.2) is 0 Å². The Balaban J connectivity index is 2.52. The number of ether oxygens (including phenoxy) is 1. The summed E-state index contributed by atoms with van der Waals surface area (Å²) in [7, 11) is 1.61. The molecule has 5 heteroatoms. The molecule has 1 unspecified atom stereocenters. The molecule has 1 aromatic rings. The van der Waals surface area contributed by atoms with Crippen LogP contribution >= 0.6 is 11.8 Å². The van der Waals surface area contributed by atoms with Crippen molar-refractivity contribution in [2.75, 3.05) is 19.4 Å². The van der Waals surface area contributed by atoms with E-state index in [1.807, 2.05) is 19.1 Å². The second-order valence-electron chi connectivity index (χ2n) is 4.66. The summed E-state index contributed by atoms with van der Waals surface area (Å²) in [5.74, 6) is 0.797. The van der Waals surface area contributed by atoms with Crippen LogP contribution in [0.15, 0.2) is 23.1 Å². The van der Waals surface area contributed by atoms with E-state index in [1.54, 1.807) is 13.2 Å². The van der Waals surface area contributed by atoms with Gasteiger partial charge in [0, 0.05) is 17.1 Å². The van der Waals surface area contributed by atoms with Crippen molar-refractivity contribution < 1.29 is 9.53 Å². The van der Waals surface area contributed by atoms with Crippen LogP contribution in [0.1, 0.15) is 33.1 Å². The Hall–Kier alpha value is -1.36. The Kier molecular flexibility index (Phi) is 7.30. The molecule has 0 aliphatic heterocycles. The predicted octanol–water partition coefficient (Wildman–Crippen LogP) is 3.06. The normalized spacial score (nSPS) is 11.9. The average Bonchev–Trinajstić information content (AvgIpc) is 2.45. The van der Waals surface area contributed by atoms with Gasteiger partial charge in [-0.3, -0.25) is 4.79 Å². The molecule has 1 atom stereocenters. The largest absolute Gasteiger partial charge is 0.497 e. The first-order valence-electron chi connectivity index (χ1n) is 6.96. The first kappa shape index (κ1) is 16.7. The van der Waals surface area contributed by atoms with Gasteiger partial charge in [-0.05, 0) is 31.5 Å². The Labute approximate surface area is 125 Å². The van der Waals surface area contributed by atoms with Crippen LogP contribution in [0.25, 0.3) is 0 Å². The number of amides is 1. The van der Waals surface area contributed by atoms with Gasteiger partial charge in [0.1, 0.15) is 5.75 Å². The van der Waals surface area contributed by atoms with Gasteiger partial charge in [0.25, 0.3) is 0 Å². The summed E-state index contributed by atoms with van der Waals surface area (Å²) in [6.45, 7) is 4.77. The van der Waals surface area contributed by atoms with Gasteiger partial charge in [-0.1, -0.05) is 19.8 Å². The summed E-state index contributed by atoms with van der Waals surface area (Å²) in [4.78, 5) is 12.8. The van der Waals surface area contributed by atoms with Gasteiger partial charge >= 0.3 is 0 Å². The quantitative estimate of drug-likeness (QED) is 0.439. The zero-order valence-corrected chi connectivity index (χ0v) is 13.3. The molecule has 1 amide bonds. The van der Waals surface area contributed by atoms with Crippen LogP contribution < -0.4 is 15.8 Å². The topological polar surface area (TPSA) is 64.3 Å². The van der Waals surface area contributed by atoms with E-state index in [-0.39, 0.29) is 11.2 Å². The molecule has 3 N–H and O–H groups in total. The third kappa shape index (κ3) is 5.33. The number of unbranched alkanes of at least 4 members (excludes halogenated alkanes) is 2. The van der Waals surface area contributed by atoms with Crippen LogP contribution in [0, 0.1) is 0 Å². The number of nitrogens with one attached hydrogen (secondary N) is 1. The zero-order chi connectivity index (χ0) is 15.0. The van der Waals surface area contributed by atoms with Crippen LogP contribution in [0.5, 0.6) is 5.75 Å². The first-order valence-corrected chi connectivity index (χ1v) is 7.84. The number of thioether (sulfide) groups is 1. The number of methoxy groups -OCH3 is 1. The van der Waals surface area contributed by atoms with Gasteiger partial charge < -0.3 is 15.8 Å². The monoisotopic (exact) mass is 296 g/mol. The van der Waals surface area contributed by atoms with Crippen LogP contribution in [-0.4, -0.2) is 24.8 Å². The lowest BCUT2D eigenvalue weighted by Gasteiger charge is -2.14. The fourth-order valence-corrected chi connectivity index (χ4v) is 2.68. The van der Waals surface area contributed by atoms with Gasteiger partial charge in [0.05, 0.1) is 12.4 Å². The van der Waals surface area contributed by atoms with Crippen molar-refractivity contribution in [2.24, 2.45) is 0 Å². The third-order valence-corrected chi connectivity index (χ3v) is 4.15. The van der Waals surface area contributed by atoms with Crippen LogP contribution in [0.2, 0.25) is 0 Å². The number of rotatable bonds is 8. The lowest BCUT2D eigenvalue weighted by Crippen LogP contribution is -2.31. The van der Waals surface area contributed by atoms with Crippen molar-refractivity contribution in [3.8, 4) is 5.75 Å². The summed E-state index contributed by atoms with van der Waals surface area (Å²) in [5, 5.41) is 2.78. The van der Waals surface area contributed by atoms with Gasteiger partial charge in [-0.2, -0.15) is 0 Å². The predicted molar refractivity (Wildman–Crippen MR) is 85.3 cm³/mol. The molecule has 1 aromatic carbocycles. The number of benzene rings is 1. The second-order valence-corrected chi connectivity index (χ2v) is 6.04. The van der Waals surface area contributed by atoms with Crippen molar-refractivity contribution in [1.29, 1.82) is 0 Å². The summed E-state index contributed by atoms with van der Waals surface area (Å²) < 4.78 is 5.17. The van der Waals surface area contributed by atoms with Gasteiger partial charge in [0.15, 0.2) is 0 Å². The SMILES string of the molecule is CCCCCNC(=O)C(C)Sc1cc(OC)ccc1N. The van der Waals surface area contributed by atoms with Gasteiger partial charge in [0.2, 0.25) is 5.91 Å². The van der Waals surface area contributed by atoms with E-state index in [9.17, 15) is 4.79 Å². The van der Waals surface area contributed by atoms with E-state index in [0.717, 1.165) is 36.5 Å². The lowest BCUT2D eigenvalue weighted by atomic mass is 10.2. The van der Waals surface area contributed by atoms with E-state index in [1.165, 1.54) is 11.8 Å². The van der Waals surface area contributed by atoms with Crippen LogP contribution in [-0.2, 0) is 4.79 Å². The highest BCUT2D eigenvalue weighted by Crippen LogP contribution is 2.32. The fourth-order valence-electron chi connectivity index (χ4n) is 1.72. The Morgan fingerprint density at radius 1 is 1.45 bits per heavy atom. The molecule has 4 nitrogen and oxygen atoms in total. The summed E-state index contributed by atoms with van der Waals surface area (Å²) in [5.41, 5.74) is 6.59. The summed E-state index contributed by atoms with van der Waals surface area (Å²) in [6.07, 6.45) is 3.33. The number of carbonyl (C=O) groups is 1. The molecule has 0 heterocycles. The molecule has 1 rings (SSSR count). The molecule has 112 valence electrons. The smallest absolute Gasteiger partial charge is 0.233 e. The summed E-state index contributed by atoms with van der Waals surface area (Å²) >= 11 is 1.45. The van der Waals surface area contributed by atoms with E-state index in [0.29, 0.717) is 5.69 Å². The highest BCUT2D eigenvalue weighted by molar-refractivity contribution is 8.00. The maximum absolute atomic E-state index is 12.0. The van der Waals surface area contributed by atoms with Crippen molar-refractivity contribution in [3.05, 3.63) is 18.2 Å². The molecular weight excluding hydrogens is 272 g/mol. The Morgan fingerprint density at radius 2 is 2.20 bits per heavy atom. The molecule has 0 aliphatic carbocycles. The number of hydrogen-bond donors (Lipinski definition) is 2. The number of anilines is 1. The van der Waals surface area contributed by atoms with Crippen LogP contribution in [0.3, 0.4) is 0 Å². The molecule has 0 radical (unpaired) electrons. The highest BCUT2D eigenvalue weighted by Gasteiger charge is 2.15. The highest BCUT2D eigenvalue weighted by atomic mass is 32.2. The maximum atomic E-state index is 12.0. The maximum Gasteiger partial charge on any atom is 0.233 e. The minimum Gasteiger partial charge on any atom is -0.497 e. The molecule has 0 aromatic heterocycles. The Morgan fingerprint density at radius 3 is 2.85 bits per heavy atom. The molecule has 0 saturated heterocycles. The second kappa shape index (κ2) is 8.74. The van der Waals surface area contributed by atoms with E-state index in [2.05, 4.69) is 12.2 Å². The van der Waals surface area contributed by atoms with Crippen molar-refractivity contribution in [2.45, 2.75) is 43.3 Å². The minimum atomic E-state index is -0.175. The van der Waals surface area contributed by atoms with Gasteiger partial charge in [-0.15, -0.1) is 11.8 Å². The van der Waals surface area contributed by atoms with E-state index in [4.69, 9.17) is 10.5 Å². The van der Waals surface area contributed by atoms with Crippen LogP contribution in [0.4, 0.5) is 5.69 Å². The number of nitrogen functional groups attached to an aromatic ring is 1. The zero-order valence-electron chi connectivity index (χ0n) is 12.4. The van der Waals surface area contributed by atoms with E-state index < -0.39 is 0 Å². The lowest BCUT2D eigenvalue weighted by molar-refractivity contribution is -0.120. The molecule has 0 bridgehead atoms. The van der Waals surface area contributed by atoms with E-state index >= 15 is 0 Å². The molecule has 0 spiro atoms. The third-order valence-electron chi connectivity index (χ3n) is 2.97.